The van der Waals surface area contributed by atoms with Gasteiger partial charge in [-0.3, -0.25) is 0 Å². The van der Waals surface area contributed by atoms with Gasteiger partial charge in [-0.05, 0) is 25.7 Å². The van der Waals surface area contributed by atoms with Crippen LogP contribution in [0.5, 0.6) is 0 Å². The van der Waals surface area contributed by atoms with Crippen LogP contribution in [0.15, 0.2) is 0 Å². The summed E-state index contributed by atoms with van der Waals surface area (Å²) in [4.78, 5) is 0. The summed E-state index contributed by atoms with van der Waals surface area (Å²) in [6.07, 6.45) is 0. The van der Waals surface area contributed by atoms with Crippen LogP contribution in [0, 0.1) is 11.8 Å². The number of epoxide rings is 1. The van der Waals surface area contributed by atoms with Gasteiger partial charge in [0.05, 0.1) is 11.2 Å². The lowest BCUT2D eigenvalue weighted by Gasteiger charge is -2.18. The van der Waals surface area contributed by atoms with E-state index in [9.17, 15) is 0 Å². The molecule has 1 nitrogen and oxygen atoms in total. The largest absolute Gasteiger partial charge is 0.363 e. The Kier molecular flexibility index (Phi) is 3.01. The molecule has 1 heteroatoms. The third-order valence-electron chi connectivity index (χ3n) is 3.57. The number of ether oxygens (including phenoxy) is 1. The van der Waals surface area contributed by atoms with Crippen molar-refractivity contribution in [3.05, 3.63) is 0 Å². The average molecular weight is 172 g/mol. The number of hydrogen-bond acceptors (Lipinski definition) is 1. The molecular formula is C11H24O. The second-order valence-corrected chi connectivity index (χ2v) is 4.63. The first-order chi connectivity index (χ1) is 4.84. The Labute approximate surface area is 77.5 Å². The van der Waals surface area contributed by atoms with Gasteiger partial charge in [0.2, 0.25) is 0 Å². The summed E-state index contributed by atoms with van der Waals surface area (Å²) in [5.41, 5.74) is 0.252. The highest BCUT2D eigenvalue weighted by molar-refractivity contribution is 5.13. The monoisotopic (exact) mass is 172 g/mol. The normalized spacial score (nSPS) is 40.0. The zero-order chi connectivity index (χ0) is 8.86. The summed E-state index contributed by atoms with van der Waals surface area (Å²) in [7, 11) is 0. The maximum atomic E-state index is 5.81. The van der Waals surface area contributed by atoms with Gasteiger partial charge in [-0.25, -0.2) is 0 Å². The molecule has 1 saturated heterocycles. The molecule has 1 fully saturated rings. The van der Waals surface area contributed by atoms with Crippen LogP contribution in [-0.2, 0) is 4.74 Å². The van der Waals surface area contributed by atoms with Crippen molar-refractivity contribution in [3.8, 4) is 0 Å². The molecule has 74 valence electrons. The minimum atomic E-state index is 0. The van der Waals surface area contributed by atoms with Crippen molar-refractivity contribution in [3.63, 3.8) is 0 Å². The van der Waals surface area contributed by atoms with Crippen molar-refractivity contribution in [2.24, 2.45) is 11.8 Å². The summed E-state index contributed by atoms with van der Waals surface area (Å²) in [6, 6.07) is 0. The topological polar surface area (TPSA) is 12.5 Å². The summed E-state index contributed by atoms with van der Waals surface area (Å²) >= 11 is 0. The molecule has 0 saturated carbocycles. The highest BCUT2D eigenvalue weighted by Gasteiger charge is 2.66. The molecule has 1 rings (SSSR count). The van der Waals surface area contributed by atoms with Gasteiger partial charge in [0.25, 0.3) is 0 Å². The van der Waals surface area contributed by atoms with Crippen LogP contribution in [0.4, 0.5) is 0 Å². The lowest BCUT2D eigenvalue weighted by Crippen LogP contribution is -2.29. The SMILES string of the molecule is C.CC(C)C1(C)OC1(C)C(C)C. The Morgan fingerprint density at radius 2 is 1.08 bits per heavy atom. The molecule has 12 heavy (non-hydrogen) atoms. The minimum Gasteiger partial charge on any atom is -0.363 e. The van der Waals surface area contributed by atoms with Gasteiger partial charge in [-0.1, -0.05) is 35.1 Å². The molecule has 1 aliphatic rings. The van der Waals surface area contributed by atoms with Gasteiger partial charge in [-0.2, -0.15) is 0 Å². The smallest absolute Gasteiger partial charge is 0.0974 e. The van der Waals surface area contributed by atoms with Crippen molar-refractivity contribution in [2.75, 3.05) is 0 Å². The van der Waals surface area contributed by atoms with E-state index in [-0.39, 0.29) is 18.6 Å². The quantitative estimate of drug-likeness (QED) is 0.581. The highest BCUT2D eigenvalue weighted by Crippen LogP contribution is 2.56. The fourth-order valence-corrected chi connectivity index (χ4v) is 1.80. The second kappa shape index (κ2) is 3.02. The molecule has 0 bridgehead atoms. The first kappa shape index (κ1) is 12.0. The number of rotatable bonds is 2. The zero-order valence-corrected chi connectivity index (χ0v) is 8.56. The Balaban J connectivity index is 0.00000121. The molecule has 0 radical (unpaired) electrons. The lowest BCUT2D eigenvalue weighted by atomic mass is 9.80. The van der Waals surface area contributed by atoms with Gasteiger partial charge < -0.3 is 4.74 Å². The van der Waals surface area contributed by atoms with Crippen LogP contribution in [-0.4, -0.2) is 11.2 Å². The van der Waals surface area contributed by atoms with Crippen molar-refractivity contribution in [1.82, 2.24) is 0 Å². The van der Waals surface area contributed by atoms with E-state index in [0.29, 0.717) is 11.8 Å². The fourth-order valence-electron chi connectivity index (χ4n) is 1.80. The zero-order valence-electron chi connectivity index (χ0n) is 8.56. The minimum absolute atomic E-state index is 0. The van der Waals surface area contributed by atoms with E-state index in [4.69, 9.17) is 4.74 Å². The van der Waals surface area contributed by atoms with E-state index in [0.717, 1.165) is 0 Å². The van der Waals surface area contributed by atoms with E-state index in [2.05, 4.69) is 41.5 Å². The maximum Gasteiger partial charge on any atom is 0.0974 e. The highest BCUT2D eigenvalue weighted by atomic mass is 16.6. The molecule has 0 N–H and O–H groups in total. The van der Waals surface area contributed by atoms with Crippen LogP contribution < -0.4 is 0 Å². The van der Waals surface area contributed by atoms with Crippen LogP contribution in [0.25, 0.3) is 0 Å². The van der Waals surface area contributed by atoms with E-state index >= 15 is 0 Å². The van der Waals surface area contributed by atoms with Crippen LogP contribution in [0.1, 0.15) is 49.0 Å². The van der Waals surface area contributed by atoms with E-state index in [1.807, 2.05) is 0 Å². The third kappa shape index (κ3) is 1.28. The first-order valence-corrected chi connectivity index (χ1v) is 4.54. The molecule has 0 aromatic heterocycles. The number of hydrogen-bond donors (Lipinski definition) is 0. The van der Waals surface area contributed by atoms with Crippen LogP contribution in [0.3, 0.4) is 0 Å². The summed E-state index contributed by atoms with van der Waals surface area (Å²) < 4.78 is 5.81. The van der Waals surface area contributed by atoms with Gasteiger partial charge in [0, 0.05) is 0 Å². The predicted octanol–water partition coefficient (Wildman–Crippen LogP) is 3.48. The molecule has 0 aliphatic carbocycles. The predicted molar refractivity (Wildman–Crippen MR) is 54.3 cm³/mol. The summed E-state index contributed by atoms with van der Waals surface area (Å²) in [5.74, 6) is 1.24. The van der Waals surface area contributed by atoms with Gasteiger partial charge >= 0.3 is 0 Å². The second-order valence-electron chi connectivity index (χ2n) is 4.63. The van der Waals surface area contributed by atoms with E-state index in [1.54, 1.807) is 0 Å². The molecule has 1 heterocycles. The molecular weight excluding hydrogens is 148 g/mol. The molecule has 0 spiro atoms. The lowest BCUT2D eigenvalue weighted by molar-refractivity contribution is 0.223. The molecule has 2 atom stereocenters. The summed E-state index contributed by atoms with van der Waals surface area (Å²) in [6.45, 7) is 13.4. The first-order valence-electron chi connectivity index (χ1n) is 4.54. The van der Waals surface area contributed by atoms with E-state index < -0.39 is 0 Å². The van der Waals surface area contributed by atoms with E-state index in [1.165, 1.54) is 0 Å². The van der Waals surface area contributed by atoms with Crippen LogP contribution >= 0.6 is 0 Å². The van der Waals surface area contributed by atoms with Crippen molar-refractivity contribution in [2.45, 2.75) is 60.2 Å². The Morgan fingerprint density at radius 3 is 1.17 bits per heavy atom. The average Bonchev–Trinajstić information content (AvgIpc) is 2.39. The maximum absolute atomic E-state index is 5.81. The van der Waals surface area contributed by atoms with Gasteiger partial charge in [0.15, 0.2) is 0 Å². The van der Waals surface area contributed by atoms with Crippen LogP contribution in [0.2, 0.25) is 0 Å². The molecule has 0 amide bonds. The summed E-state index contributed by atoms with van der Waals surface area (Å²) in [5, 5.41) is 0. The Bertz CT molecular complexity index is 144. The van der Waals surface area contributed by atoms with Crippen molar-refractivity contribution >= 4 is 0 Å². The molecule has 2 unspecified atom stereocenters. The third-order valence-corrected chi connectivity index (χ3v) is 3.57. The Hall–Kier alpha value is -0.0400. The molecule has 1 aliphatic heterocycles. The molecule has 0 aromatic carbocycles. The Morgan fingerprint density at radius 1 is 0.833 bits per heavy atom. The van der Waals surface area contributed by atoms with Crippen molar-refractivity contribution in [1.29, 1.82) is 0 Å². The standard InChI is InChI=1S/C10H20O.CH4/c1-7(2)9(5)10(6,11-9)8(3)4;/h7-8H,1-6H3;1H4. The van der Waals surface area contributed by atoms with Gasteiger partial charge in [0.1, 0.15) is 0 Å². The van der Waals surface area contributed by atoms with Crippen molar-refractivity contribution < 1.29 is 4.74 Å². The molecule has 0 aromatic rings. The van der Waals surface area contributed by atoms with Gasteiger partial charge in [-0.15, -0.1) is 0 Å². The fraction of sp³-hybridized carbons (Fsp3) is 1.00.